The van der Waals surface area contributed by atoms with E-state index in [9.17, 15) is 0 Å². The van der Waals surface area contributed by atoms with Crippen molar-refractivity contribution in [2.75, 3.05) is 5.73 Å². The Kier molecular flexibility index (Phi) is 4.31. The fraction of sp³-hybridized carbons (Fsp3) is 0.0833. The van der Waals surface area contributed by atoms with Crippen LogP contribution in [-0.4, -0.2) is 4.98 Å². The lowest BCUT2D eigenvalue weighted by Crippen LogP contribution is -1.87. The topological polar surface area (TPSA) is 38.9 Å². The van der Waals surface area contributed by atoms with E-state index in [4.69, 9.17) is 17.3 Å². The van der Waals surface area contributed by atoms with Crippen molar-refractivity contribution in [1.82, 2.24) is 4.98 Å². The lowest BCUT2D eigenvalue weighted by Gasteiger charge is -2.03. The van der Waals surface area contributed by atoms with Crippen molar-refractivity contribution in [2.24, 2.45) is 0 Å². The minimum atomic E-state index is 0.596. The van der Waals surface area contributed by atoms with E-state index in [1.54, 1.807) is 18.0 Å². The summed E-state index contributed by atoms with van der Waals surface area (Å²) in [4.78, 5) is 5.40. The maximum Gasteiger partial charge on any atom is 0.0646 e. The van der Waals surface area contributed by atoms with Crippen molar-refractivity contribution in [3.05, 3.63) is 51.7 Å². The van der Waals surface area contributed by atoms with Crippen LogP contribution in [-0.2, 0) is 5.75 Å². The second kappa shape index (κ2) is 5.76. The Morgan fingerprint density at radius 3 is 2.76 bits per heavy atom. The predicted molar refractivity (Wildman–Crippen MR) is 77.4 cm³/mol. The smallest absolute Gasteiger partial charge is 0.0646 e. The number of pyridine rings is 1. The number of hydrogen-bond donors (Lipinski definition) is 1. The van der Waals surface area contributed by atoms with E-state index in [0.29, 0.717) is 10.7 Å². The average Bonchev–Trinajstić information content (AvgIpc) is 2.33. The highest BCUT2D eigenvalue weighted by Gasteiger charge is 2.01. The number of hydrogen-bond acceptors (Lipinski definition) is 3. The molecule has 1 aromatic carbocycles. The molecule has 0 aliphatic rings. The first-order valence-electron chi connectivity index (χ1n) is 4.93. The summed E-state index contributed by atoms with van der Waals surface area (Å²) < 4.78 is 0.988. The molecule has 0 fully saturated rings. The van der Waals surface area contributed by atoms with Crippen LogP contribution in [0.2, 0.25) is 5.02 Å². The first-order chi connectivity index (χ1) is 8.15. The second-order valence-corrected chi connectivity index (χ2v) is 5.81. The van der Waals surface area contributed by atoms with Gasteiger partial charge in [-0.3, -0.25) is 4.98 Å². The SMILES string of the molecule is Nc1ccc(SCc2ccc(Br)cn2)cc1Cl. The molecule has 2 aromatic rings. The van der Waals surface area contributed by atoms with Crippen LogP contribution in [0.15, 0.2) is 45.9 Å². The molecular weight excluding hydrogens is 320 g/mol. The molecule has 2 nitrogen and oxygen atoms in total. The van der Waals surface area contributed by atoms with Gasteiger partial charge in [-0.15, -0.1) is 11.8 Å². The third kappa shape index (κ3) is 3.63. The van der Waals surface area contributed by atoms with Gasteiger partial charge in [-0.1, -0.05) is 11.6 Å². The summed E-state index contributed by atoms with van der Waals surface area (Å²) in [7, 11) is 0. The van der Waals surface area contributed by atoms with Crippen molar-refractivity contribution >= 4 is 45.0 Å². The number of rotatable bonds is 3. The van der Waals surface area contributed by atoms with Crippen LogP contribution in [0.3, 0.4) is 0 Å². The van der Waals surface area contributed by atoms with Gasteiger partial charge in [-0.05, 0) is 46.3 Å². The van der Waals surface area contributed by atoms with Crippen LogP contribution >= 0.6 is 39.3 Å². The number of halogens is 2. The number of anilines is 1. The Balaban J connectivity index is 2.02. The van der Waals surface area contributed by atoms with Gasteiger partial charge >= 0.3 is 0 Å². The zero-order chi connectivity index (χ0) is 12.3. The fourth-order valence-electron chi connectivity index (χ4n) is 1.25. The van der Waals surface area contributed by atoms with Gasteiger partial charge in [-0.25, -0.2) is 0 Å². The summed E-state index contributed by atoms with van der Waals surface area (Å²) >= 11 is 11.0. The molecule has 0 saturated heterocycles. The van der Waals surface area contributed by atoms with Crippen LogP contribution < -0.4 is 5.73 Å². The van der Waals surface area contributed by atoms with Gasteiger partial charge < -0.3 is 5.73 Å². The highest BCUT2D eigenvalue weighted by molar-refractivity contribution is 9.10. The van der Waals surface area contributed by atoms with Crippen LogP contribution in [0, 0.1) is 0 Å². The molecule has 0 amide bonds. The van der Waals surface area contributed by atoms with Gasteiger partial charge in [0.25, 0.3) is 0 Å². The Morgan fingerprint density at radius 2 is 2.12 bits per heavy atom. The molecular formula is C12H10BrClN2S. The molecule has 0 bridgehead atoms. The van der Waals surface area contributed by atoms with E-state index in [-0.39, 0.29) is 0 Å². The zero-order valence-corrected chi connectivity index (χ0v) is 12.0. The third-order valence-corrected chi connectivity index (χ3v) is 3.97. The van der Waals surface area contributed by atoms with E-state index in [1.807, 2.05) is 30.3 Å². The van der Waals surface area contributed by atoms with Gasteiger partial charge in [-0.2, -0.15) is 0 Å². The van der Waals surface area contributed by atoms with Crippen molar-refractivity contribution in [1.29, 1.82) is 0 Å². The Bertz CT molecular complexity index is 516. The molecule has 0 spiro atoms. The zero-order valence-electron chi connectivity index (χ0n) is 8.86. The number of aromatic nitrogens is 1. The normalized spacial score (nSPS) is 10.5. The molecule has 0 aliphatic carbocycles. The Morgan fingerprint density at radius 1 is 1.29 bits per heavy atom. The fourth-order valence-corrected chi connectivity index (χ4v) is 2.58. The summed E-state index contributed by atoms with van der Waals surface area (Å²) in [5.41, 5.74) is 7.30. The molecule has 88 valence electrons. The Hall–Kier alpha value is -0.710. The lowest BCUT2D eigenvalue weighted by molar-refractivity contribution is 1.16. The lowest BCUT2D eigenvalue weighted by atomic mass is 10.3. The number of benzene rings is 1. The molecule has 17 heavy (non-hydrogen) atoms. The molecule has 1 aromatic heterocycles. The van der Waals surface area contributed by atoms with Crippen molar-refractivity contribution in [2.45, 2.75) is 10.6 Å². The van der Waals surface area contributed by atoms with Crippen LogP contribution in [0.25, 0.3) is 0 Å². The van der Waals surface area contributed by atoms with Gasteiger partial charge in [0.1, 0.15) is 0 Å². The van der Waals surface area contributed by atoms with Crippen LogP contribution in [0.4, 0.5) is 5.69 Å². The number of nitrogen functional groups attached to an aromatic ring is 1. The van der Waals surface area contributed by atoms with E-state index in [2.05, 4.69) is 20.9 Å². The molecule has 0 radical (unpaired) electrons. The second-order valence-electron chi connectivity index (χ2n) is 3.44. The first-order valence-corrected chi connectivity index (χ1v) is 7.09. The standard InChI is InChI=1S/C12H10BrClN2S/c13-8-1-2-9(16-6-8)7-17-10-3-4-12(15)11(14)5-10/h1-6H,7,15H2. The average molecular weight is 330 g/mol. The van der Waals surface area contributed by atoms with E-state index >= 15 is 0 Å². The van der Waals surface area contributed by atoms with Gasteiger partial charge in [0.05, 0.1) is 16.4 Å². The van der Waals surface area contributed by atoms with Gasteiger partial charge in [0, 0.05) is 21.3 Å². The van der Waals surface area contributed by atoms with Crippen molar-refractivity contribution < 1.29 is 0 Å². The molecule has 0 aliphatic heterocycles. The molecule has 0 unspecified atom stereocenters. The molecule has 1 heterocycles. The molecule has 0 saturated carbocycles. The Labute approximate surface area is 118 Å². The van der Waals surface area contributed by atoms with E-state index < -0.39 is 0 Å². The van der Waals surface area contributed by atoms with Crippen molar-refractivity contribution in [3.8, 4) is 0 Å². The van der Waals surface area contributed by atoms with Crippen LogP contribution in [0.1, 0.15) is 5.69 Å². The van der Waals surface area contributed by atoms with E-state index in [0.717, 1.165) is 20.8 Å². The highest BCUT2D eigenvalue weighted by Crippen LogP contribution is 2.28. The van der Waals surface area contributed by atoms with Crippen molar-refractivity contribution in [3.63, 3.8) is 0 Å². The summed E-state index contributed by atoms with van der Waals surface area (Å²) in [6.45, 7) is 0. The summed E-state index contributed by atoms with van der Waals surface area (Å²) in [6.07, 6.45) is 1.80. The van der Waals surface area contributed by atoms with Crippen LogP contribution in [0.5, 0.6) is 0 Å². The third-order valence-electron chi connectivity index (χ3n) is 2.15. The monoisotopic (exact) mass is 328 g/mol. The number of nitrogens with two attached hydrogens (primary N) is 1. The first kappa shape index (κ1) is 12.7. The maximum atomic E-state index is 5.96. The highest BCUT2D eigenvalue weighted by atomic mass is 79.9. The minimum Gasteiger partial charge on any atom is -0.398 e. The number of thioether (sulfide) groups is 1. The van der Waals surface area contributed by atoms with Gasteiger partial charge in [0.15, 0.2) is 0 Å². The molecule has 2 rings (SSSR count). The maximum absolute atomic E-state index is 5.96. The molecule has 5 heteroatoms. The molecule has 2 N–H and O–H groups in total. The summed E-state index contributed by atoms with van der Waals surface area (Å²) in [5.74, 6) is 0.813. The summed E-state index contributed by atoms with van der Waals surface area (Å²) in [5, 5.41) is 0.596. The predicted octanol–water partition coefficient (Wildman–Crippen LogP) is 4.37. The largest absolute Gasteiger partial charge is 0.398 e. The minimum absolute atomic E-state index is 0.596. The quantitative estimate of drug-likeness (QED) is 0.671. The van der Waals surface area contributed by atoms with Gasteiger partial charge in [0.2, 0.25) is 0 Å². The van der Waals surface area contributed by atoms with E-state index in [1.165, 1.54) is 0 Å². The number of nitrogens with zero attached hydrogens (tertiary/aromatic N) is 1. The molecule has 0 atom stereocenters. The summed E-state index contributed by atoms with van der Waals surface area (Å²) in [6, 6.07) is 9.64.